The van der Waals surface area contributed by atoms with Gasteiger partial charge in [0.05, 0.1) is 17.9 Å². The van der Waals surface area contributed by atoms with Crippen LogP contribution in [0.3, 0.4) is 0 Å². The number of nitrogens with zero attached hydrogens (tertiary/aromatic N) is 2. The van der Waals surface area contributed by atoms with Crippen molar-refractivity contribution in [2.24, 2.45) is 5.73 Å². The molecule has 2 heterocycles. The maximum atomic E-state index is 12.4. The van der Waals surface area contributed by atoms with Crippen molar-refractivity contribution in [1.29, 1.82) is 0 Å². The molecule has 0 bridgehead atoms. The number of carbonyl (C=O) groups is 2. The number of amides is 2. The van der Waals surface area contributed by atoms with Crippen LogP contribution < -0.4 is 5.73 Å². The summed E-state index contributed by atoms with van der Waals surface area (Å²) in [6.45, 7) is 0.962. The molecule has 1 aliphatic rings. The van der Waals surface area contributed by atoms with E-state index in [1.807, 2.05) is 6.26 Å². The quantitative estimate of drug-likeness (QED) is 0.703. The second kappa shape index (κ2) is 7.92. The fourth-order valence-electron chi connectivity index (χ4n) is 2.97. The molecule has 138 valence electrons. The van der Waals surface area contributed by atoms with Crippen molar-refractivity contribution >= 4 is 23.6 Å². The lowest BCUT2D eigenvalue weighted by Gasteiger charge is -2.28. The number of rotatable bonds is 6. The van der Waals surface area contributed by atoms with Gasteiger partial charge in [0.1, 0.15) is 11.9 Å². The number of aliphatic hydroxyl groups is 1. The molecular weight excluding hydrogens is 352 g/mol. The molecular formula is C18H22N4O3S. The second-order valence-corrected chi connectivity index (χ2v) is 7.24. The highest BCUT2D eigenvalue weighted by Gasteiger charge is 2.27. The molecule has 1 aliphatic heterocycles. The summed E-state index contributed by atoms with van der Waals surface area (Å²) in [6.07, 6.45) is 2.11. The van der Waals surface area contributed by atoms with Gasteiger partial charge in [-0.2, -0.15) is 11.8 Å². The van der Waals surface area contributed by atoms with Crippen LogP contribution in [-0.2, 0) is 17.8 Å². The Morgan fingerprint density at radius 3 is 2.77 bits per heavy atom. The molecule has 0 radical (unpaired) electrons. The maximum Gasteiger partial charge on any atom is 0.251 e. The third-order valence-electron chi connectivity index (χ3n) is 4.47. The average Bonchev–Trinajstić information content (AvgIpc) is 3.08. The molecule has 2 aromatic rings. The minimum atomic E-state index is -0.951. The van der Waals surface area contributed by atoms with E-state index in [0.717, 1.165) is 22.7 Å². The lowest BCUT2D eigenvalue weighted by molar-refractivity contribution is -0.141. The van der Waals surface area contributed by atoms with Gasteiger partial charge < -0.3 is 20.7 Å². The van der Waals surface area contributed by atoms with Crippen molar-refractivity contribution in [3.05, 3.63) is 41.2 Å². The Labute approximate surface area is 156 Å². The Bertz CT molecular complexity index is 803. The minimum absolute atomic E-state index is 0.230. The van der Waals surface area contributed by atoms with Gasteiger partial charge >= 0.3 is 0 Å². The zero-order chi connectivity index (χ0) is 18.7. The van der Waals surface area contributed by atoms with E-state index in [0.29, 0.717) is 37.3 Å². The van der Waals surface area contributed by atoms with Gasteiger partial charge in [0.25, 0.3) is 5.91 Å². The summed E-state index contributed by atoms with van der Waals surface area (Å²) in [4.78, 5) is 33.1. The highest BCUT2D eigenvalue weighted by Crippen LogP contribution is 2.23. The maximum absolute atomic E-state index is 12.4. The molecule has 26 heavy (non-hydrogen) atoms. The molecule has 1 aromatic carbocycles. The SMILES string of the molecule is CSCC[C@H](O)C(=O)N1CCc2nc(-c3ccc(C(N)=O)cc3)[nH]c2C1. The molecule has 7 nitrogen and oxygen atoms in total. The molecule has 1 atom stereocenters. The first-order valence-electron chi connectivity index (χ1n) is 8.43. The zero-order valence-corrected chi connectivity index (χ0v) is 15.4. The molecule has 0 aliphatic carbocycles. The molecule has 4 N–H and O–H groups in total. The van der Waals surface area contributed by atoms with Crippen LogP contribution in [0.2, 0.25) is 0 Å². The van der Waals surface area contributed by atoms with Gasteiger partial charge in [-0.15, -0.1) is 0 Å². The van der Waals surface area contributed by atoms with Crippen LogP contribution >= 0.6 is 11.8 Å². The van der Waals surface area contributed by atoms with E-state index in [1.165, 1.54) is 0 Å². The van der Waals surface area contributed by atoms with Crippen molar-refractivity contribution in [2.75, 3.05) is 18.6 Å². The van der Waals surface area contributed by atoms with E-state index in [-0.39, 0.29) is 5.91 Å². The van der Waals surface area contributed by atoms with Crippen LogP contribution in [-0.4, -0.2) is 56.4 Å². The number of fused-ring (bicyclic) bond motifs is 1. The molecule has 0 spiro atoms. The van der Waals surface area contributed by atoms with Crippen LogP contribution in [0.1, 0.15) is 28.2 Å². The van der Waals surface area contributed by atoms with Gasteiger partial charge in [-0.1, -0.05) is 12.1 Å². The zero-order valence-electron chi connectivity index (χ0n) is 14.6. The van der Waals surface area contributed by atoms with Gasteiger partial charge in [-0.25, -0.2) is 4.98 Å². The molecule has 0 unspecified atom stereocenters. The Hall–Kier alpha value is -2.32. The van der Waals surface area contributed by atoms with Crippen LogP contribution in [0, 0.1) is 0 Å². The van der Waals surface area contributed by atoms with Crippen LogP contribution in [0.15, 0.2) is 24.3 Å². The number of hydrogen-bond donors (Lipinski definition) is 3. The smallest absolute Gasteiger partial charge is 0.251 e. The average molecular weight is 374 g/mol. The van der Waals surface area contributed by atoms with E-state index in [1.54, 1.807) is 40.9 Å². The standard InChI is InChI=1S/C18H22N4O3S/c1-26-9-7-15(23)18(25)22-8-6-13-14(10-22)21-17(20-13)12-4-2-11(3-5-12)16(19)24/h2-5,15,23H,6-10H2,1H3,(H2,19,24)(H,20,21)/t15-/m0/s1. The first kappa shape index (κ1) is 18.5. The fraction of sp³-hybridized carbons (Fsp3) is 0.389. The third-order valence-corrected chi connectivity index (χ3v) is 5.11. The topological polar surface area (TPSA) is 112 Å². The number of hydrogen-bond acceptors (Lipinski definition) is 5. The van der Waals surface area contributed by atoms with Crippen LogP contribution in [0.4, 0.5) is 0 Å². The molecule has 0 saturated carbocycles. The van der Waals surface area contributed by atoms with Gasteiger partial charge in [0, 0.05) is 24.1 Å². The molecule has 1 aromatic heterocycles. The number of primary amides is 1. The predicted molar refractivity (Wildman–Crippen MR) is 101 cm³/mol. The molecule has 3 rings (SSSR count). The van der Waals surface area contributed by atoms with Crippen molar-refractivity contribution < 1.29 is 14.7 Å². The molecule has 8 heteroatoms. The normalized spacial score (nSPS) is 14.8. The van der Waals surface area contributed by atoms with Gasteiger partial charge in [0.2, 0.25) is 5.91 Å². The molecule has 0 fully saturated rings. The highest BCUT2D eigenvalue weighted by atomic mass is 32.2. The summed E-state index contributed by atoms with van der Waals surface area (Å²) in [5.74, 6) is 0.751. The van der Waals surface area contributed by atoms with Gasteiger partial charge in [-0.05, 0) is 30.6 Å². The van der Waals surface area contributed by atoms with Crippen molar-refractivity contribution in [3.63, 3.8) is 0 Å². The second-order valence-electron chi connectivity index (χ2n) is 6.26. The lowest BCUT2D eigenvalue weighted by atomic mass is 10.1. The number of thioether (sulfide) groups is 1. The first-order valence-corrected chi connectivity index (χ1v) is 9.82. The number of nitrogens with one attached hydrogen (secondary N) is 1. The van der Waals surface area contributed by atoms with E-state index in [4.69, 9.17) is 5.73 Å². The van der Waals surface area contributed by atoms with Crippen molar-refractivity contribution in [2.45, 2.75) is 25.5 Å². The fourth-order valence-corrected chi connectivity index (χ4v) is 3.43. The largest absolute Gasteiger partial charge is 0.383 e. The highest BCUT2D eigenvalue weighted by molar-refractivity contribution is 7.98. The van der Waals surface area contributed by atoms with Gasteiger partial charge in [-0.3, -0.25) is 9.59 Å². The number of carbonyl (C=O) groups excluding carboxylic acids is 2. The van der Waals surface area contributed by atoms with Gasteiger partial charge in [0.15, 0.2) is 0 Å². The number of benzene rings is 1. The Morgan fingerprint density at radius 1 is 1.38 bits per heavy atom. The lowest BCUT2D eigenvalue weighted by Crippen LogP contribution is -2.42. The van der Waals surface area contributed by atoms with Crippen molar-refractivity contribution in [3.8, 4) is 11.4 Å². The molecule has 0 saturated heterocycles. The van der Waals surface area contributed by atoms with E-state index < -0.39 is 12.0 Å². The van der Waals surface area contributed by atoms with E-state index in [9.17, 15) is 14.7 Å². The number of nitrogens with two attached hydrogens (primary N) is 1. The van der Waals surface area contributed by atoms with E-state index >= 15 is 0 Å². The summed E-state index contributed by atoms with van der Waals surface area (Å²) >= 11 is 1.61. The summed E-state index contributed by atoms with van der Waals surface area (Å²) in [7, 11) is 0. The Kier molecular flexibility index (Phi) is 5.63. The Balaban J connectivity index is 1.72. The number of aromatic amines is 1. The number of aliphatic hydroxyl groups excluding tert-OH is 1. The monoisotopic (exact) mass is 374 g/mol. The van der Waals surface area contributed by atoms with Crippen LogP contribution in [0.25, 0.3) is 11.4 Å². The summed E-state index contributed by atoms with van der Waals surface area (Å²) in [6, 6.07) is 6.91. The number of aromatic nitrogens is 2. The summed E-state index contributed by atoms with van der Waals surface area (Å²) < 4.78 is 0. The first-order chi connectivity index (χ1) is 12.5. The Morgan fingerprint density at radius 2 is 2.12 bits per heavy atom. The predicted octanol–water partition coefficient (Wildman–Crippen LogP) is 1.17. The van der Waals surface area contributed by atoms with E-state index in [2.05, 4.69) is 9.97 Å². The van der Waals surface area contributed by atoms with Crippen LogP contribution in [0.5, 0.6) is 0 Å². The number of imidazole rings is 1. The molecule has 2 amide bonds. The minimum Gasteiger partial charge on any atom is -0.383 e. The van der Waals surface area contributed by atoms with Crippen molar-refractivity contribution in [1.82, 2.24) is 14.9 Å². The summed E-state index contributed by atoms with van der Waals surface area (Å²) in [5, 5.41) is 10.0. The third kappa shape index (κ3) is 3.91. The number of H-pyrrole nitrogens is 1. The summed E-state index contributed by atoms with van der Waals surface area (Å²) in [5.41, 5.74) is 8.37.